The van der Waals surface area contributed by atoms with Crippen LogP contribution in [0.1, 0.15) is 32.2 Å². The highest BCUT2D eigenvalue weighted by atomic mass is 32.1. The van der Waals surface area contributed by atoms with Crippen molar-refractivity contribution in [1.82, 2.24) is 14.5 Å². The van der Waals surface area contributed by atoms with E-state index in [1.54, 1.807) is 18.3 Å². The molecule has 1 aromatic carbocycles. The molecule has 4 aromatic rings. The second-order valence-electron chi connectivity index (χ2n) is 6.32. The van der Waals surface area contributed by atoms with Gasteiger partial charge in [-0.1, -0.05) is 24.3 Å². The maximum atomic E-state index is 12.6. The Hall–Kier alpha value is -3.32. The number of carbonyl (C=O) groups excluding carboxylic acids is 2. The topological polar surface area (TPSA) is 74.1 Å². The van der Waals surface area contributed by atoms with Gasteiger partial charge in [0.2, 0.25) is 5.78 Å². The van der Waals surface area contributed by atoms with Gasteiger partial charge in [0.15, 0.2) is 11.7 Å². The van der Waals surface area contributed by atoms with Gasteiger partial charge in [-0.2, -0.15) is 0 Å². The summed E-state index contributed by atoms with van der Waals surface area (Å²) in [6.45, 7) is 3.43. The van der Waals surface area contributed by atoms with Crippen molar-refractivity contribution in [3.8, 4) is 5.13 Å². The Morgan fingerprint density at radius 2 is 1.96 bits per heavy atom. The van der Waals surface area contributed by atoms with Gasteiger partial charge in [0.25, 0.3) is 0 Å². The number of pyridine rings is 1. The Labute approximate surface area is 165 Å². The van der Waals surface area contributed by atoms with E-state index in [0.717, 1.165) is 21.9 Å². The van der Waals surface area contributed by atoms with Gasteiger partial charge < -0.3 is 4.74 Å². The minimum Gasteiger partial charge on any atom is -0.453 e. The van der Waals surface area contributed by atoms with E-state index in [-0.39, 0.29) is 18.1 Å². The van der Waals surface area contributed by atoms with Crippen molar-refractivity contribution >= 4 is 34.0 Å². The van der Waals surface area contributed by atoms with Crippen LogP contribution in [0.15, 0.2) is 54.0 Å². The summed E-state index contributed by atoms with van der Waals surface area (Å²) in [6.07, 6.45) is 1.72. The summed E-state index contributed by atoms with van der Waals surface area (Å²) in [5.74, 6) is -0.877. The number of benzene rings is 1. The Bertz CT molecular complexity index is 1180. The Kier molecular flexibility index (Phi) is 4.75. The predicted molar refractivity (Wildman–Crippen MR) is 107 cm³/mol. The number of aromatic nitrogens is 3. The lowest BCUT2D eigenvalue weighted by Crippen LogP contribution is -2.16. The van der Waals surface area contributed by atoms with Gasteiger partial charge in [-0.3, -0.25) is 9.36 Å². The first kappa shape index (κ1) is 18.1. The van der Waals surface area contributed by atoms with E-state index in [0.29, 0.717) is 11.1 Å². The zero-order valence-electron chi connectivity index (χ0n) is 15.4. The highest BCUT2D eigenvalue weighted by Crippen LogP contribution is 2.22. The molecule has 0 bridgehead atoms. The molecule has 0 spiro atoms. The van der Waals surface area contributed by atoms with E-state index in [1.165, 1.54) is 11.3 Å². The molecular weight excluding hydrogens is 374 g/mol. The van der Waals surface area contributed by atoms with Gasteiger partial charge in [-0.05, 0) is 32.0 Å². The van der Waals surface area contributed by atoms with Crippen molar-refractivity contribution in [2.45, 2.75) is 13.8 Å². The fourth-order valence-electron chi connectivity index (χ4n) is 3.13. The van der Waals surface area contributed by atoms with Crippen molar-refractivity contribution in [3.63, 3.8) is 0 Å². The van der Waals surface area contributed by atoms with E-state index in [1.807, 2.05) is 54.1 Å². The number of ketones is 1. The summed E-state index contributed by atoms with van der Waals surface area (Å²) in [5, 5.41) is 3.62. The van der Waals surface area contributed by atoms with E-state index >= 15 is 0 Å². The van der Waals surface area contributed by atoms with Gasteiger partial charge in [0.1, 0.15) is 5.69 Å². The molecule has 0 N–H and O–H groups in total. The predicted octanol–water partition coefficient (Wildman–Crippen LogP) is 4.14. The maximum Gasteiger partial charge on any atom is 0.357 e. The van der Waals surface area contributed by atoms with Gasteiger partial charge in [-0.15, -0.1) is 11.3 Å². The van der Waals surface area contributed by atoms with Crippen LogP contribution >= 0.6 is 11.3 Å². The number of fused-ring (bicyclic) bond motifs is 1. The summed E-state index contributed by atoms with van der Waals surface area (Å²) in [7, 11) is 0. The van der Waals surface area contributed by atoms with Crippen LogP contribution in [0, 0.1) is 13.8 Å². The minimum atomic E-state index is -0.618. The number of hydrogen-bond acceptors (Lipinski definition) is 6. The summed E-state index contributed by atoms with van der Waals surface area (Å²) in [6, 6.07) is 12.7. The molecule has 0 saturated carbocycles. The summed E-state index contributed by atoms with van der Waals surface area (Å²) in [5.41, 5.74) is 3.08. The van der Waals surface area contributed by atoms with E-state index in [9.17, 15) is 9.59 Å². The quantitative estimate of drug-likeness (QED) is 0.378. The third kappa shape index (κ3) is 3.32. The van der Waals surface area contributed by atoms with Gasteiger partial charge in [0.05, 0.1) is 5.52 Å². The molecule has 0 unspecified atom stereocenters. The number of esters is 1. The fraction of sp³-hybridized carbons (Fsp3) is 0.143. The maximum absolute atomic E-state index is 12.6. The van der Waals surface area contributed by atoms with Crippen LogP contribution in [0.3, 0.4) is 0 Å². The van der Waals surface area contributed by atoms with Gasteiger partial charge in [-0.25, -0.2) is 14.8 Å². The number of para-hydroxylation sites is 1. The Balaban J connectivity index is 1.49. The monoisotopic (exact) mass is 391 g/mol. The average Bonchev–Trinajstić information content (AvgIpc) is 3.33. The number of aryl methyl sites for hydroxylation is 1. The first-order valence-electron chi connectivity index (χ1n) is 8.69. The molecule has 0 aliphatic carbocycles. The molecule has 0 aliphatic heterocycles. The number of hydrogen-bond donors (Lipinski definition) is 0. The Morgan fingerprint density at radius 3 is 2.75 bits per heavy atom. The number of ether oxygens (including phenoxy) is 1. The van der Waals surface area contributed by atoms with Crippen LogP contribution < -0.4 is 0 Å². The van der Waals surface area contributed by atoms with Crippen LogP contribution in [-0.2, 0) is 4.74 Å². The number of carbonyl (C=O) groups is 2. The van der Waals surface area contributed by atoms with Crippen LogP contribution in [-0.4, -0.2) is 32.9 Å². The zero-order valence-corrected chi connectivity index (χ0v) is 16.2. The Morgan fingerprint density at radius 1 is 1.14 bits per heavy atom. The van der Waals surface area contributed by atoms with Crippen LogP contribution in [0.25, 0.3) is 16.0 Å². The third-order valence-electron chi connectivity index (χ3n) is 4.48. The molecular formula is C21H17N3O3S. The lowest BCUT2D eigenvalue weighted by Gasteiger charge is -2.06. The largest absolute Gasteiger partial charge is 0.453 e. The summed E-state index contributed by atoms with van der Waals surface area (Å²) in [4.78, 5) is 33.5. The number of nitrogens with zero attached hydrogens (tertiary/aromatic N) is 3. The molecule has 0 fully saturated rings. The smallest absolute Gasteiger partial charge is 0.357 e. The molecule has 0 aliphatic rings. The van der Waals surface area contributed by atoms with Crippen LogP contribution in [0.2, 0.25) is 0 Å². The standard InChI is InChI=1S/C21H17N3O3S/c1-13-11-16(14(2)24(13)21-22-9-10-28-21)19(25)12-27-20(26)18-8-7-15-5-3-4-6-17(15)23-18/h3-11H,12H2,1-2H3. The van der Waals surface area contributed by atoms with Crippen molar-refractivity contribution in [2.75, 3.05) is 6.61 Å². The molecule has 0 saturated heterocycles. The number of Topliss-reactive ketones (excluding diaryl/α,β-unsaturated/α-hetero) is 1. The molecule has 7 heteroatoms. The first-order chi connectivity index (χ1) is 13.5. The van der Waals surface area contributed by atoms with E-state index in [2.05, 4.69) is 9.97 Å². The van der Waals surface area contributed by atoms with E-state index in [4.69, 9.17) is 4.74 Å². The van der Waals surface area contributed by atoms with Crippen molar-refractivity contribution < 1.29 is 14.3 Å². The molecule has 0 amide bonds. The fourth-order valence-corrected chi connectivity index (χ4v) is 3.88. The third-order valence-corrected chi connectivity index (χ3v) is 5.24. The normalized spacial score (nSPS) is 10.9. The van der Waals surface area contributed by atoms with Crippen molar-refractivity contribution in [1.29, 1.82) is 0 Å². The lowest BCUT2D eigenvalue weighted by atomic mass is 10.1. The van der Waals surface area contributed by atoms with Crippen molar-refractivity contribution in [2.24, 2.45) is 0 Å². The van der Waals surface area contributed by atoms with Gasteiger partial charge in [0, 0.05) is 33.9 Å². The highest BCUT2D eigenvalue weighted by molar-refractivity contribution is 7.12. The molecule has 6 nitrogen and oxygen atoms in total. The van der Waals surface area contributed by atoms with E-state index < -0.39 is 5.97 Å². The lowest BCUT2D eigenvalue weighted by molar-refractivity contribution is 0.0469. The molecule has 140 valence electrons. The van der Waals surface area contributed by atoms with Crippen LogP contribution in [0.5, 0.6) is 0 Å². The second kappa shape index (κ2) is 7.36. The van der Waals surface area contributed by atoms with Crippen molar-refractivity contribution in [3.05, 3.63) is 76.7 Å². The zero-order chi connectivity index (χ0) is 19.7. The molecule has 3 aromatic heterocycles. The molecule has 3 heterocycles. The van der Waals surface area contributed by atoms with Crippen LogP contribution in [0.4, 0.5) is 0 Å². The molecule has 0 radical (unpaired) electrons. The highest BCUT2D eigenvalue weighted by Gasteiger charge is 2.20. The second-order valence-corrected chi connectivity index (χ2v) is 7.20. The summed E-state index contributed by atoms with van der Waals surface area (Å²) < 4.78 is 7.14. The summed E-state index contributed by atoms with van der Waals surface area (Å²) >= 11 is 1.49. The molecule has 4 rings (SSSR count). The van der Waals surface area contributed by atoms with Gasteiger partial charge >= 0.3 is 5.97 Å². The first-order valence-corrected chi connectivity index (χ1v) is 9.57. The number of rotatable bonds is 5. The average molecular weight is 391 g/mol. The molecule has 28 heavy (non-hydrogen) atoms. The molecule has 0 atom stereocenters. The SMILES string of the molecule is Cc1cc(C(=O)COC(=O)c2ccc3ccccc3n2)c(C)n1-c1nccs1. The minimum absolute atomic E-state index is 0.180. The number of thiazole rings is 1.